The maximum Gasteiger partial charge on any atom is 0.269 e. The normalized spacial score (nSPS) is 12.4. The van der Waals surface area contributed by atoms with Crippen molar-refractivity contribution in [3.05, 3.63) is 59.4 Å². The van der Waals surface area contributed by atoms with E-state index in [1.807, 2.05) is 0 Å². The Bertz CT molecular complexity index is 794. The summed E-state index contributed by atoms with van der Waals surface area (Å²) in [6.45, 7) is 0.890. The van der Waals surface area contributed by atoms with E-state index in [-0.39, 0.29) is 18.7 Å². The van der Waals surface area contributed by atoms with Gasteiger partial charge in [0.1, 0.15) is 19.0 Å². The zero-order chi connectivity index (χ0) is 17.6. The summed E-state index contributed by atoms with van der Waals surface area (Å²) < 4.78 is 24.3. The molecular weight excluding hydrogens is 327 g/mol. The van der Waals surface area contributed by atoms with Gasteiger partial charge in [-0.25, -0.2) is 4.39 Å². The topological polar surface area (TPSA) is 76.7 Å². The second-order valence-corrected chi connectivity index (χ2v) is 5.45. The van der Waals surface area contributed by atoms with Crippen molar-refractivity contribution in [3.8, 4) is 11.5 Å². The molecule has 2 aromatic carbocycles. The van der Waals surface area contributed by atoms with Crippen LogP contribution in [-0.4, -0.2) is 25.0 Å². The number of rotatable bonds is 4. The number of benzene rings is 2. The fourth-order valence-electron chi connectivity index (χ4n) is 2.40. The van der Waals surface area contributed by atoms with Crippen LogP contribution in [0.1, 0.15) is 22.3 Å². The molecule has 1 aliphatic heterocycles. The highest BCUT2D eigenvalue weighted by atomic mass is 19.1. The van der Waals surface area contributed by atoms with E-state index in [0.29, 0.717) is 35.8 Å². The number of hydrogen-bond donors (Lipinski definition) is 2. The molecule has 3 rings (SSSR count). The number of nitrogens with one attached hydrogen (secondary N) is 2. The van der Waals surface area contributed by atoms with Gasteiger partial charge >= 0.3 is 0 Å². The van der Waals surface area contributed by atoms with Crippen molar-refractivity contribution < 1.29 is 23.5 Å². The average molecular weight is 344 g/mol. The number of fused-ring (bicyclic) bond motifs is 1. The summed E-state index contributed by atoms with van der Waals surface area (Å²) in [4.78, 5) is 23.9. The van der Waals surface area contributed by atoms with E-state index in [1.165, 1.54) is 6.07 Å². The molecule has 0 bridgehead atoms. The molecule has 0 spiro atoms. The minimum absolute atomic E-state index is 0.0579. The fraction of sp³-hybridized carbons (Fsp3) is 0.222. The van der Waals surface area contributed by atoms with Gasteiger partial charge in [-0.05, 0) is 36.2 Å². The summed E-state index contributed by atoms with van der Waals surface area (Å²) in [6, 6.07) is 11.0. The smallest absolute Gasteiger partial charge is 0.269 e. The number of ether oxygens (including phenoxy) is 2. The molecular formula is C18H17FN2O4. The van der Waals surface area contributed by atoms with Crippen LogP contribution in [0.25, 0.3) is 0 Å². The van der Waals surface area contributed by atoms with Crippen molar-refractivity contribution in [2.75, 3.05) is 13.2 Å². The Balaban J connectivity index is 1.50. The van der Waals surface area contributed by atoms with Crippen LogP contribution in [0.4, 0.5) is 4.39 Å². The number of amides is 2. The van der Waals surface area contributed by atoms with Crippen molar-refractivity contribution in [3.63, 3.8) is 0 Å². The zero-order valence-corrected chi connectivity index (χ0v) is 13.4. The maximum absolute atomic E-state index is 13.5. The lowest BCUT2D eigenvalue weighted by atomic mass is 10.1. The number of aryl methyl sites for hydroxylation is 1. The Morgan fingerprint density at radius 2 is 1.76 bits per heavy atom. The molecule has 0 saturated heterocycles. The summed E-state index contributed by atoms with van der Waals surface area (Å²) in [5.74, 6) is -0.164. The maximum atomic E-state index is 13.5. The summed E-state index contributed by atoms with van der Waals surface area (Å²) in [7, 11) is 0. The Kier molecular flexibility index (Phi) is 5.13. The second kappa shape index (κ2) is 7.65. The van der Waals surface area contributed by atoms with E-state index in [9.17, 15) is 14.0 Å². The third kappa shape index (κ3) is 4.26. The molecule has 0 radical (unpaired) electrons. The van der Waals surface area contributed by atoms with Gasteiger partial charge in [-0.15, -0.1) is 0 Å². The summed E-state index contributed by atoms with van der Waals surface area (Å²) in [5, 5.41) is 0. The van der Waals surface area contributed by atoms with Crippen LogP contribution in [0.2, 0.25) is 0 Å². The molecule has 2 aromatic rings. The van der Waals surface area contributed by atoms with Crippen LogP contribution in [-0.2, 0) is 11.2 Å². The number of carbonyl (C=O) groups excluding carboxylic acids is 2. The molecule has 1 aliphatic rings. The van der Waals surface area contributed by atoms with Crippen LogP contribution < -0.4 is 20.3 Å². The third-order valence-electron chi connectivity index (χ3n) is 3.70. The van der Waals surface area contributed by atoms with E-state index >= 15 is 0 Å². The highest BCUT2D eigenvalue weighted by Crippen LogP contribution is 2.30. The second-order valence-electron chi connectivity index (χ2n) is 5.45. The molecule has 0 aliphatic carbocycles. The van der Waals surface area contributed by atoms with Crippen molar-refractivity contribution in [2.24, 2.45) is 0 Å². The fourth-order valence-corrected chi connectivity index (χ4v) is 2.40. The van der Waals surface area contributed by atoms with Crippen LogP contribution in [0, 0.1) is 5.82 Å². The first kappa shape index (κ1) is 16.8. The molecule has 7 heteroatoms. The minimum Gasteiger partial charge on any atom is -0.486 e. The van der Waals surface area contributed by atoms with E-state index in [0.717, 1.165) is 0 Å². The molecule has 2 amide bonds. The Morgan fingerprint density at radius 1 is 1.00 bits per heavy atom. The predicted octanol–water partition coefficient (Wildman–Crippen LogP) is 1.99. The minimum atomic E-state index is -0.476. The van der Waals surface area contributed by atoms with E-state index in [1.54, 1.807) is 36.4 Å². The Morgan fingerprint density at radius 3 is 2.56 bits per heavy atom. The van der Waals surface area contributed by atoms with Gasteiger partial charge in [0, 0.05) is 12.0 Å². The van der Waals surface area contributed by atoms with Gasteiger partial charge in [0.2, 0.25) is 5.91 Å². The van der Waals surface area contributed by atoms with Gasteiger partial charge < -0.3 is 9.47 Å². The van der Waals surface area contributed by atoms with Gasteiger partial charge in [-0.3, -0.25) is 20.4 Å². The Hall–Kier alpha value is -3.09. The quantitative estimate of drug-likeness (QED) is 0.832. The van der Waals surface area contributed by atoms with E-state index in [2.05, 4.69) is 10.9 Å². The third-order valence-corrected chi connectivity index (χ3v) is 3.70. The average Bonchev–Trinajstić information content (AvgIpc) is 2.65. The molecule has 0 saturated carbocycles. The van der Waals surface area contributed by atoms with Crippen LogP contribution in [0.15, 0.2) is 42.5 Å². The van der Waals surface area contributed by atoms with E-state index < -0.39 is 11.8 Å². The first-order chi connectivity index (χ1) is 12.1. The number of hydrazine groups is 1. The van der Waals surface area contributed by atoms with Crippen molar-refractivity contribution >= 4 is 11.8 Å². The summed E-state index contributed by atoms with van der Waals surface area (Å²) in [5.41, 5.74) is 5.43. The van der Waals surface area contributed by atoms with Crippen LogP contribution >= 0.6 is 0 Å². The monoisotopic (exact) mass is 344 g/mol. The van der Waals surface area contributed by atoms with Crippen molar-refractivity contribution in [1.82, 2.24) is 10.9 Å². The van der Waals surface area contributed by atoms with E-state index in [4.69, 9.17) is 9.47 Å². The molecule has 2 N–H and O–H groups in total. The summed E-state index contributed by atoms with van der Waals surface area (Å²) >= 11 is 0. The van der Waals surface area contributed by atoms with Gasteiger partial charge in [-0.1, -0.05) is 18.2 Å². The molecule has 25 heavy (non-hydrogen) atoms. The van der Waals surface area contributed by atoms with Gasteiger partial charge in [-0.2, -0.15) is 0 Å². The SMILES string of the molecule is O=C(CCc1ccccc1F)NNC(=O)c1ccc2c(c1)OCCO2. The molecule has 0 fully saturated rings. The predicted molar refractivity (Wildman–Crippen MR) is 87.8 cm³/mol. The lowest BCUT2D eigenvalue weighted by Crippen LogP contribution is -2.41. The molecule has 0 unspecified atom stereocenters. The highest BCUT2D eigenvalue weighted by Gasteiger charge is 2.15. The molecule has 6 nitrogen and oxygen atoms in total. The molecule has 0 atom stereocenters. The first-order valence-corrected chi connectivity index (χ1v) is 7.86. The van der Waals surface area contributed by atoms with Gasteiger partial charge in [0.15, 0.2) is 11.5 Å². The van der Waals surface area contributed by atoms with Crippen LogP contribution in [0.5, 0.6) is 11.5 Å². The van der Waals surface area contributed by atoms with Crippen molar-refractivity contribution in [2.45, 2.75) is 12.8 Å². The molecule has 1 heterocycles. The molecule has 130 valence electrons. The molecule has 0 aromatic heterocycles. The largest absolute Gasteiger partial charge is 0.486 e. The standard InChI is InChI=1S/C18H17FN2O4/c19-14-4-2-1-3-12(14)6-8-17(22)20-21-18(23)13-5-7-15-16(11-13)25-10-9-24-15/h1-5,7,11H,6,8-10H2,(H,20,22)(H,21,23). The van der Waals surface area contributed by atoms with Gasteiger partial charge in [0.05, 0.1) is 0 Å². The van der Waals surface area contributed by atoms with Crippen molar-refractivity contribution in [1.29, 1.82) is 0 Å². The number of carbonyl (C=O) groups is 2. The Labute approximate surface area is 143 Å². The lowest BCUT2D eigenvalue weighted by Gasteiger charge is -2.18. The first-order valence-electron chi connectivity index (χ1n) is 7.86. The number of halogens is 1. The summed E-state index contributed by atoms with van der Waals surface area (Å²) in [6.07, 6.45) is 0.306. The lowest BCUT2D eigenvalue weighted by molar-refractivity contribution is -0.121. The van der Waals surface area contributed by atoms with Crippen LogP contribution in [0.3, 0.4) is 0 Å². The number of hydrogen-bond acceptors (Lipinski definition) is 4. The highest BCUT2D eigenvalue weighted by molar-refractivity contribution is 5.96. The zero-order valence-electron chi connectivity index (χ0n) is 13.4. The van der Waals surface area contributed by atoms with Gasteiger partial charge in [0.25, 0.3) is 5.91 Å².